The Morgan fingerprint density at radius 1 is 1.23 bits per heavy atom. The number of benzene rings is 2. The second kappa shape index (κ2) is 7.58. The first-order chi connectivity index (χ1) is 12.5. The molecule has 1 heterocycles. The second-order valence-electron chi connectivity index (χ2n) is 5.93. The number of carbonyl (C=O) groups is 1. The first-order valence-corrected chi connectivity index (χ1v) is 8.44. The molecule has 1 amide bonds. The van der Waals surface area contributed by atoms with Crippen molar-refractivity contribution in [2.75, 3.05) is 14.2 Å². The Hall–Kier alpha value is -2.86. The molecule has 0 N–H and O–H groups in total. The van der Waals surface area contributed by atoms with E-state index in [1.807, 2.05) is 43.3 Å². The topological polar surface area (TPSA) is 60.2 Å². The molecule has 3 aromatic rings. The van der Waals surface area contributed by atoms with E-state index in [2.05, 4.69) is 10.3 Å². The number of ether oxygens (including phenoxy) is 1. The van der Waals surface area contributed by atoms with Crippen molar-refractivity contribution < 1.29 is 9.53 Å². The summed E-state index contributed by atoms with van der Waals surface area (Å²) in [4.78, 5) is 14.4. The number of rotatable bonds is 5. The fourth-order valence-electron chi connectivity index (χ4n) is 2.68. The van der Waals surface area contributed by atoms with E-state index >= 15 is 0 Å². The maximum atomic E-state index is 12.8. The van der Waals surface area contributed by atoms with Gasteiger partial charge in [0.2, 0.25) is 0 Å². The zero-order valence-corrected chi connectivity index (χ0v) is 15.6. The Kier molecular flexibility index (Phi) is 5.23. The lowest BCUT2D eigenvalue weighted by Gasteiger charge is -2.16. The molecule has 0 aliphatic carbocycles. The second-order valence-corrected chi connectivity index (χ2v) is 6.36. The SMILES string of the molecule is COc1cccc(CN(C)C(=O)c2nnn(-c3cccc(Cl)c3)c2C)c1. The van der Waals surface area contributed by atoms with Gasteiger partial charge in [-0.2, -0.15) is 0 Å². The molecule has 0 aliphatic rings. The van der Waals surface area contributed by atoms with Crippen LogP contribution >= 0.6 is 11.6 Å². The predicted molar refractivity (Wildman–Crippen MR) is 99.9 cm³/mol. The van der Waals surface area contributed by atoms with Gasteiger partial charge in [0.25, 0.3) is 5.91 Å². The van der Waals surface area contributed by atoms with E-state index in [4.69, 9.17) is 16.3 Å². The standard InChI is InChI=1S/C19H19ClN4O2/c1-13-18(21-22-24(13)16-8-5-7-15(20)11-16)19(25)23(2)12-14-6-4-9-17(10-14)26-3/h4-11H,12H2,1-3H3. The molecule has 1 aromatic heterocycles. The Labute approximate surface area is 157 Å². The number of aromatic nitrogens is 3. The van der Waals surface area contributed by atoms with Crippen LogP contribution in [0.25, 0.3) is 5.69 Å². The molecule has 26 heavy (non-hydrogen) atoms. The van der Waals surface area contributed by atoms with Crippen LogP contribution in [-0.2, 0) is 6.54 Å². The molecule has 0 atom stereocenters. The Morgan fingerprint density at radius 3 is 2.73 bits per heavy atom. The van der Waals surface area contributed by atoms with E-state index in [0.717, 1.165) is 17.0 Å². The van der Waals surface area contributed by atoms with E-state index in [0.29, 0.717) is 23.0 Å². The number of hydrogen-bond donors (Lipinski definition) is 0. The molecule has 0 unspecified atom stereocenters. The number of methoxy groups -OCH3 is 1. The van der Waals surface area contributed by atoms with Crippen LogP contribution in [0, 0.1) is 6.92 Å². The molecular formula is C19H19ClN4O2. The summed E-state index contributed by atoms with van der Waals surface area (Å²) in [6, 6.07) is 14.9. The van der Waals surface area contributed by atoms with Crippen LogP contribution in [0.4, 0.5) is 0 Å². The van der Waals surface area contributed by atoms with Crippen molar-refractivity contribution >= 4 is 17.5 Å². The highest BCUT2D eigenvalue weighted by Gasteiger charge is 2.21. The number of hydrogen-bond acceptors (Lipinski definition) is 4. The average molecular weight is 371 g/mol. The summed E-state index contributed by atoms with van der Waals surface area (Å²) in [5.41, 5.74) is 2.71. The van der Waals surface area contributed by atoms with Gasteiger partial charge in [0.1, 0.15) is 5.75 Å². The van der Waals surface area contributed by atoms with Gasteiger partial charge in [0.15, 0.2) is 5.69 Å². The van der Waals surface area contributed by atoms with Crippen LogP contribution in [0.3, 0.4) is 0 Å². The zero-order chi connectivity index (χ0) is 18.7. The van der Waals surface area contributed by atoms with E-state index in [1.54, 1.807) is 35.9 Å². The van der Waals surface area contributed by atoms with Crippen LogP contribution in [0.5, 0.6) is 5.75 Å². The van der Waals surface area contributed by atoms with E-state index in [9.17, 15) is 4.79 Å². The van der Waals surface area contributed by atoms with Gasteiger partial charge in [0, 0.05) is 18.6 Å². The molecule has 3 rings (SSSR count). The molecule has 0 saturated carbocycles. The summed E-state index contributed by atoms with van der Waals surface area (Å²) < 4.78 is 6.83. The van der Waals surface area contributed by atoms with Crippen LogP contribution in [-0.4, -0.2) is 40.0 Å². The van der Waals surface area contributed by atoms with Crippen molar-refractivity contribution in [3.8, 4) is 11.4 Å². The highest BCUT2D eigenvalue weighted by molar-refractivity contribution is 6.30. The third kappa shape index (κ3) is 3.70. The van der Waals surface area contributed by atoms with E-state index < -0.39 is 0 Å². The first-order valence-electron chi connectivity index (χ1n) is 8.06. The number of halogens is 1. The maximum Gasteiger partial charge on any atom is 0.276 e. The molecule has 0 saturated heterocycles. The van der Waals surface area contributed by atoms with Crippen molar-refractivity contribution in [2.45, 2.75) is 13.5 Å². The van der Waals surface area contributed by atoms with Gasteiger partial charge in [0.05, 0.1) is 18.5 Å². The smallest absolute Gasteiger partial charge is 0.276 e. The quantitative estimate of drug-likeness (QED) is 0.689. The first kappa shape index (κ1) is 17.9. The van der Waals surface area contributed by atoms with Gasteiger partial charge >= 0.3 is 0 Å². The highest BCUT2D eigenvalue weighted by atomic mass is 35.5. The van der Waals surface area contributed by atoms with Crippen molar-refractivity contribution in [2.24, 2.45) is 0 Å². The monoisotopic (exact) mass is 370 g/mol. The largest absolute Gasteiger partial charge is 0.497 e. The molecule has 2 aromatic carbocycles. The summed E-state index contributed by atoms with van der Waals surface area (Å²) in [6.45, 7) is 2.26. The summed E-state index contributed by atoms with van der Waals surface area (Å²) >= 11 is 6.03. The normalized spacial score (nSPS) is 10.6. The lowest BCUT2D eigenvalue weighted by atomic mass is 10.2. The summed E-state index contributed by atoms with van der Waals surface area (Å²) in [6.07, 6.45) is 0. The van der Waals surface area contributed by atoms with Crippen LogP contribution in [0.2, 0.25) is 5.02 Å². The Balaban J connectivity index is 1.81. The summed E-state index contributed by atoms with van der Waals surface area (Å²) in [5, 5.41) is 8.78. The van der Waals surface area contributed by atoms with E-state index in [-0.39, 0.29) is 5.91 Å². The Morgan fingerprint density at radius 2 is 2.00 bits per heavy atom. The van der Waals surface area contributed by atoms with Gasteiger partial charge < -0.3 is 9.64 Å². The summed E-state index contributed by atoms with van der Waals surface area (Å²) in [5.74, 6) is 0.560. The number of nitrogens with zero attached hydrogens (tertiary/aromatic N) is 4. The van der Waals surface area contributed by atoms with Crippen molar-refractivity contribution in [1.29, 1.82) is 0 Å². The molecule has 6 nitrogen and oxygen atoms in total. The van der Waals surface area contributed by atoms with Crippen LogP contribution in [0.1, 0.15) is 21.7 Å². The Bertz CT molecular complexity index is 939. The molecule has 0 radical (unpaired) electrons. The number of carbonyl (C=O) groups excluding carboxylic acids is 1. The molecule has 0 spiro atoms. The van der Waals surface area contributed by atoms with Gasteiger partial charge in [-0.15, -0.1) is 5.10 Å². The molecule has 0 aliphatic heterocycles. The zero-order valence-electron chi connectivity index (χ0n) is 14.8. The predicted octanol–water partition coefficient (Wildman–Crippen LogP) is 3.51. The van der Waals surface area contributed by atoms with Gasteiger partial charge in [-0.1, -0.05) is 35.0 Å². The highest BCUT2D eigenvalue weighted by Crippen LogP contribution is 2.19. The summed E-state index contributed by atoms with van der Waals surface area (Å²) in [7, 11) is 3.35. The molecule has 0 bridgehead atoms. The maximum absolute atomic E-state index is 12.8. The lowest BCUT2D eigenvalue weighted by Crippen LogP contribution is -2.27. The third-order valence-electron chi connectivity index (χ3n) is 4.05. The van der Waals surface area contributed by atoms with Crippen LogP contribution in [0.15, 0.2) is 48.5 Å². The van der Waals surface area contributed by atoms with Gasteiger partial charge in [-0.25, -0.2) is 4.68 Å². The van der Waals surface area contributed by atoms with E-state index in [1.165, 1.54) is 0 Å². The molecule has 134 valence electrons. The fraction of sp³-hybridized carbons (Fsp3) is 0.211. The van der Waals surface area contributed by atoms with Crippen molar-refractivity contribution in [1.82, 2.24) is 19.9 Å². The number of amides is 1. The third-order valence-corrected chi connectivity index (χ3v) is 4.29. The fourth-order valence-corrected chi connectivity index (χ4v) is 2.86. The van der Waals surface area contributed by atoms with Crippen molar-refractivity contribution in [3.05, 3.63) is 70.5 Å². The van der Waals surface area contributed by atoms with Crippen molar-refractivity contribution in [3.63, 3.8) is 0 Å². The van der Waals surface area contributed by atoms with Gasteiger partial charge in [-0.3, -0.25) is 4.79 Å². The minimum Gasteiger partial charge on any atom is -0.497 e. The lowest BCUT2D eigenvalue weighted by molar-refractivity contribution is 0.0778. The average Bonchev–Trinajstić information content (AvgIpc) is 3.02. The van der Waals surface area contributed by atoms with Crippen LogP contribution < -0.4 is 4.74 Å². The molecular weight excluding hydrogens is 352 g/mol. The molecule has 0 fully saturated rings. The minimum atomic E-state index is -0.196. The molecule has 7 heteroatoms. The minimum absolute atomic E-state index is 0.196. The van der Waals surface area contributed by atoms with Gasteiger partial charge in [-0.05, 0) is 42.8 Å².